The Labute approximate surface area is 260 Å². The molecule has 0 radical (unpaired) electrons. The van der Waals surface area contributed by atoms with Gasteiger partial charge in [0, 0.05) is 52.6 Å². The number of aliphatic hydroxyl groups excluding tert-OH is 1. The van der Waals surface area contributed by atoms with Gasteiger partial charge in [0.05, 0.1) is 18.8 Å². The van der Waals surface area contributed by atoms with E-state index in [0.717, 1.165) is 64.3 Å². The Bertz CT molecular complexity index is 961. The molecule has 8 heteroatoms. The van der Waals surface area contributed by atoms with E-state index in [2.05, 4.69) is 29.6 Å². The maximum absolute atomic E-state index is 13.0. The van der Waals surface area contributed by atoms with E-state index in [9.17, 15) is 14.7 Å². The second-order valence-corrected chi connectivity index (χ2v) is 14.2. The zero-order valence-electron chi connectivity index (χ0n) is 27.1. The average Bonchev–Trinajstić information content (AvgIpc) is 3.64. The highest BCUT2D eigenvalue weighted by atomic mass is 16.5. The van der Waals surface area contributed by atoms with Gasteiger partial charge in [-0.05, 0) is 74.5 Å². The van der Waals surface area contributed by atoms with Gasteiger partial charge >= 0.3 is 5.97 Å². The van der Waals surface area contributed by atoms with Crippen molar-refractivity contribution in [1.29, 1.82) is 0 Å². The van der Waals surface area contributed by atoms with Crippen molar-refractivity contribution in [1.82, 2.24) is 0 Å². The number of carbonyl (C=O) groups excluding carboxylic acids is 2. The first-order valence-electron chi connectivity index (χ1n) is 17.3. The highest BCUT2D eigenvalue weighted by Crippen LogP contribution is 2.53. The molecule has 242 valence electrons. The molecule has 0 aromatic heterocycles. The van der Waals surface area contributed by atoms with Gasteiger partial charge in [-0.3, -0.25) is 15.3 Å². The lowest BCUT2D eigenvalue weighted by Crippen LogP contribution is -2.94. The number of hydrogen-bond donors (Lipinski definition) is 3. The van der Waals surface area contributed by atoms with E-state index in [4.69, 9.17) is 15.2 Å². The third-order valence-electron chi connectivity index (χ3n) is 11.2. The largest absolute Gasteiger partial charge is 0.462 e. The molecule has 2 aliphatic heterocycles. The smallest absolute Gasteiger partial charge is 0.302 e. The van der Waals surface area contributed by atoms with E-state index in [-0.39, 0.29) is 36.5 Å². The molecule has 0 spiro atoms. The number of aliphatic imine (C=N–C) groups is 1. The number of aliphatic hydroxyl groups is 1. The molecule has 0 amide bonds. The third kappa shape index (κ3) is 9.87. The molecule has 5 N–H and O–H groups in total. The van der Waals surface area contributed by atoms with Crippen LogP contribution in [0.2, 0.25) is 0 Å². The summed E-state index contributed by atoms with van der Waals surface area (Å²) in [6, 6.07) is 0. The van der Waals surface area contributed by atoms with Crippen molar-refractivity contribution < 1.29 is 29.5 Å². The van der Waals surface area contributed by atoms with E-state index >= 15 is 0 Å². The normalized spacial score (nSPS) is 30.2. The van der Waals surface area contributed by atoms with Crippen molar-refractivity contribution in [2.45, 2.75) is 147 Å². The molecule has 3 fully saturated rings. The van der Waals surface area contributed by atoms with Gasteiger partial charge in [0.2, 0.25) is 0 Å². The first kappa shape index (κ1) is 34.1. The Morgan fingerprint density at radius 2 is 2.00 bits per heavy atom. The Kier molecular flexibility index (Phi) is 13.1. The standard InChI is InChI=1S/C35H58N3O5/c1-4-25(8-11-31(43-24(2)39)20-30(40)10-7-26-9-12-32(41)33(18-26)42-3)17-27-22-37-23-28(27)21-35(14-5-6-15-35)29-13-16-38-34(36)19-29/h22-23,25-26,29,31-34,38,41H,4-21,36H2,1-3H3/q+1/p+1. The minimum Gasteiger partial charge on any atom is -0.462 e. The second kappa shape index (κ2) is 16.5. The lowest BCUT2D eigenvalue weighted by atomic mass is 9.64. The van der Waals surface area contributed by atoms with Gasteiger partial charge in [0.25, 0.3) is 0 Å². The van der Waals surface area contributed by atoms with E-state index in [0.29, 0.717) is 36.0 Å². The summed E-state index contributed by atoms with van der Waals surface area (Å²) < 4.78 is 11.1. The molecule has 2 heterocycles. The number of rotatable bonds is 16. The Balaban J connectivity index is 1.27. The molecule has 4 rings (SSSR count). The molecule has 0 aromatic rings. The number of nitrogens with zero attached hydrogens (tertiary/aromatic N) is 1. The molecule has 8 nitrogen and oxygen atoms in total. The van der Waals surface area contributed by atoms with E-state index in [1.165, 1.54) is 50.5 Å². The van der Waals surface area contributed by atoms with Crippen LogP contribution in [0.1, 0.15) is 123 Å². The summed E-state index contributed by atoms with van der Waals surface area (Å²) in [5.74, 6) is 2.79. The van der Waals surface area contributed by atoms with Crippen LogP contribution >= 0.6 is 0 Å². The topological polar surface area (TPSA) is 128 Å². The molecule has 0 bridgehead atoms. The first-order chi connectivity index (χ1) is 20.7. The molecule has 0 aromatic carbocycles. The number of quaternary nitrogens is 1. The predicted molar refractivity (Wildman–Crippen MR) is 169 cm³/mol. The average molecular weight is 602 g/mol. The summed E-state index contributed by atoms with van der Waals surface area (Å²) >= 11 is 0. The minimum atomic E-state index is -0.407. The van der Waals surface area contributed by atoms with Crippen molar-refractivity contribution >= 4 is 18.0 Å². The van der Waals surface area contributed by atoms with Crippen LogP contribution in [0.5, 0.6) is 0 Å². The number of piperidine rings is 1. The number of methoxy groups -OCH3 is 1. The van der Waals surface area contributed by atoms with Crippen LogP contribution in [0.4, 0.5) is 0 Å². The number of nitrogens with two attached hydrogens (primary N) is 2. The lowest BCUT2D eigenvalue weighted by Gasteiger charge is -2.40. The fourth-order valence-corrected chi connectivity index (χ4v) is 8.58. The van der Waals surface area contributed by atoms with E-state index in [1.54, 1.807) is 7.11 Å². The molecule has 7 atom stereocenters. The Hall–Kier alpha value is -1.74. The SMILES string of the molecule is CCC(CCC(CC(=O)CCC1CCC(O)C(OC)C1)OC(C)=O)CC1=CN=C[C+]1CC1(C2CC[NH2+]C(N)C2)CCCC1. The second-order valence-electron chi connectivity index (χ2n) is 14.2. The predicted octanol–water partition coefficient (Wildman–Crippen LogP) is 4.78. The lowest BCUT2D eigenvalue weighted by molar-refractivity contribution is -0.700. The highest BCUT2D eigenvalue weighted by Gasteiger charge is 2.48. The number of carbonyl (C=O) groups is 2. The molecule has 43 heavy (non-hydrogen) atoms. The van der Waals surface area contributed by atoms with Gasteiger partial charge in [-0.25, -0.2) is 0 Å². The monoisotopic (exact) mass is 601 g/mol. The van der Waals surface area contributed by atoms with E-state index < -0.39 is 6.10 Å². The molecular formula is C35H59N3O5+2. The van der Waals surface area contributed by atoms with Crippen molar-refractivity contribution in [2.24, 2.45) is 33.9 Å². The maximum Gasteiger partial charge on any atom is 0.302 e. The molecule has 2 aliphatic carbocycles. The summed E-state index contributed by atoms with van der Waals surface area (Å²) in [4.78, 5) is 29.5. The number of hydrogen-bond acceptors (Lipinski definition) is 7. The summed E-state index contributed by atoms with van der Waals surface area (Å²) in [5, 5.41) is 12.4. The van der Waals surface area contributed by atoms with Crippen LogP contribution in [0.15, 0.2) is 16.8 Å². The molecular weight excluding hydrogens is 542 g/mol. The number of ether oxygens (including phenoxy) is 2. The fraction of sp³-hybridized carbons (Fsp3) is 0.829. The van der Waals surface area contributed by atoms with Gasteiger partial charge in [-0.2, -0.15) is 0 Å². The van der Waals surface area contributed by atoms with Gasteiger partial charge in [-0.15, -0.1) is 4.99 Å². The first-order valence-corrected chi connectivity index (χ1v) is 17.3. The van der Waals surface area contributed by atoms with Crippen LogP contribution in [0.3, 0.4) is 0 Å². The summed E-state index contributed by atoms with van der Waals surface area (Å²) in [6.45, 7) is 4.81. The van der Waals surface area contributed by atoms with E-state index in [1.807, 2.05) is 0 Å². The van der Waals surface area contributed by atoms with Crippen LogP contribution in [0.25, 0.3) is 0 Å². The molecule has 1 saturated heterocycles. The Morgan fingerprint density at radius 1 is 1.21 bits per heavy atom. The maximum atomic E-state index is 13.0. The van der Waals surface area contributed by atoms with Crippen molar-refractivity contribution in [3.05, 3.63) is 17.7 Å². The Morgan fingerprint density at radius 3 is 2.70 bits per heavy atom. The number of ketones is 1. The van der Waals surface area contributed by atoms with Gasteiger partial charge in [0.1, 0.15) is 35.8 Å². The van der Waals surface area contributed by atoms with Crippen LogP contribution in [-0.4, -0.2) is 61.2 Å². The van der Waals surface area contributed by atoms with Crippen molar-refractivity contribution in [3.8, 4) is 0 Å². The van der Waals surface area contributed by atoms with Gasteiger partial charge < -0.3 is 19.9 Å². The van der Waals surface area contributed by atoms with Gasteiger partial charge in [0.15, 0.2) is 6.20 Å². The summed E-state index contributed by atoms with van der Waals surface area (Å²) in [6.07, 6.45) is 19.9. The fourth-order valence-electron chi connectivity index (χ4n) is 8.58. The zero-order valence-corrected chi connectivity index (χ0v) is 27.1. The third-order valence-corrected chi connectivity index (χ3v) is 11.2. The quantitative estimate of drug-likeness (QED) is 0.173. The molecule has 4 aliphatic rings. The zero-order chi connectivity index (χ0) is 30.8. The van der Waals surface area contributed by atoms with Crippen LogP contribution in [-0.2, 0) is 19.1 Å². The molecule has 2 saturated carbocycles. The van der Waals surface area contributed by atoms with Crippen LogP contribution in [0, 0.1) is 29.1 Å². The minimum absolute atomic E-state index is 0.139. The number of Topliss-reactive ketones (excluding diaryl/α,β-unsaturated/α-hetero) is 1. The summed E-state index contributed by atoms with van der Waals surface area (Å²) in [5.41, 5.74) is 8.12. The number of allylic oxidation sites excluding steroid dienone is 1. The van der Waals surface area contributed by atoms with Gasteiger partial charge in [-0.1, -0.05) is 26.2 Å². The van der Waals surface area contributed by atoms with Crippen molar-refractivity contribution in [3.63, 3.8) is 0 Å². The van der Waals surface area contributed by atoms with Crippen LogP contribution < -0.4 is 11.1 Å². The number of esters is 1. The summed E-state index contributed by atoms with van der Waals surface area (Å²) in [7, 11) is 1.64. The van der Waals surface area contributed by atoms with Crippen molar-refractivity contribution in [2.75, 3.05) is 13.7 Å². The highest BCUT2D eigenvalue weighted by molar-refractivity contribution is 5.83. The molecule has 7 unspecified atom stereocenters.